The maximum absolute atomic E-state index is 5.65. The molecule has 0 radical (unpaired) electrons. The zero-order valence-corrected chi connectivity index (χ0v) is 9.15. The molecule has 0 aromatic heterocycles. The topological polar surface area (TPSA) is 38.5 Å². The van der Waals surface area contributed by atoms with Crippen molar-refractivity contribution >= 4 is 5.69 Å². The summed E-state index contributed by atoms with van der Waals surface area (Å²) in [5.74, 6) is 0. The molecule has 2 N–H and O–H groups in total. The smallest absolute Gasteiger partial charge is 0.0622 e. The van der Waals surface area contributed by atoms with Crippen LogP contribution in [0.4, 0.5) is 5.69 Å². The lowest BCUT2D eigenvalue weighted by Crippen LogP contribution is -2.31. The van der Waals surface area contributed by atoms with Gasteiger partial charge in [0.15, 0.2) is 0 Å². The van der Waals surface area contributed by atoms with Crippen LogP contribution in [0.25, 0.3) is 0 Å². The quantitative estimate of drug-likeness (QED) is 0.761. The standard InChI is InChI=1S/C12H18N2O/c1-14(12-6-7-15-9-12)8-10-2-4-11(13)5-3-10/h2-5,12H,6-9,13H2,1H3. The zero-order chi connectivity index (χ0) is 10.7. The van der Waals surface area contributed by atoms with Crippen LogP contribution >= 0.6 is 0 Å². The first-order chi connectivity index (χ1) is 7.25. The number of nitrogens with zero attached hydrogens (tertiary/aromatic N) is 1. The molecule has 1 aromatic carbocycles. The summed E-state index contributed by atoms with van der Waals surface area (Å²) >= 11 is 0. The molecule has 2 rings (SSSR count). The molecule has 1 aromatic rings. The van der Waals surface area contributed by atoms with Crippen LogP contribution in [0.3, 0.4) is 0 Å². The highest BCUT2D eigenvalue weighted by molar-refractivity contribution is 5.39. The van der Waals surface area contributed by atoms with E-state index in [0.29, 0.717) is 6.04 Å². The van der Waals surface area contributed by atoms with Crippen LogP contribution in [0, 0.1) is 0 Å². The second kappa shape index (κ2) is 4.64. The number of hydrogen-bond donors (Lipinski definition) is 1. The molecule has 1 aliphatic heterocycles. The van der Waals surface area contributed by atoms with E-state index >= 15 is 0 Å². The Morgan fingerprint density at radius 3 is 2.73 bits per heavy atom. The number of nitrogen functional groups attached to an aromatic ring is 1. The molecule has 1 unspecified atom stereocenters. The van der Waals surface area contributed by atoms with Gasteiger partial charge in [0.1, 0.15) is 0 Å². The summed E-state index contributed by atoms with van der Waals surface area (Å²) in [6.45, 7) is 2.73. The molecule has 82 valence electrons. The van der Waals surface area contributed by atoms with Crippen molar-refractivity contribution in [3.05, 3.63) is 29.8 Å². The fourth-order valence-electron chi connectivity index (χ4n) is 1.91. The monoisotopic (exact) mass is 206 g/mol. The lowest BCUT2D eigenvalue weighted by atomic mass is 10.1. The first kappa shape index (κ1) is 10.5. The lowest BCUT2D eigenvalue weighted by Gasteiger charge is -2.22. The lowest BCUT2D eigenvalue weighted by molar-refractivity contribution is 0.156. The van der Waals surface area contributed by atoms with Crippen LogP contribution in [0.2, 0.25) is 0 Å². The summed E-state index contributed by atoms with van der Waals surface area (Å²) in [5.41, 5.74) is 7.77. The molecule has 0 bridgehead atoms. The molecular weight excluding hydrogens is 188 g/mol. The van der Waals surface area contributed by atoms with E-state index in [1.807, 2.05) is 12.1 Å². The van der Waals surface area contributed by atoms with Gasteiger partial charge in [0.05, 0.1) is 6.61 Å². The van der Waals surface area contributed by atoms with E-state index in [9.17, 15) is 0 Å². The molecule has 1 saturated heterocycles. The van der Waals surface area contributed by atoms with Crippen LogP contribution < -0.4 is 5.73 Å². The molecule has 1 atom stereocenters. The average molecular weight is 206 g/mol. The predicted molar refractivity (Wildman–Crippen MR) is 61.5 cm³/mol. The van der Waals surface area contributed by atoms with Crippen molar-refractivity contribution < 1.29 is 4.74 Å². The van der Waals surface area contributed by atoms with Gasteiger partial charge in [0, 0.05) is 24.9 Å². The number of likely N-dealkylation sites (N-methyl/N-ethyl adjacent to an activating group) is 1. The van der Waals surface area contributed by atoms with Crippen LogP contribution in [0.1, 0.15) is 12.0 Å². The number of anilines is 1. The van der Waals surface area contributed by atoms with Crippen LogP contribution in [0.15, 0.2) is 24.3 Å². The van der Waals surface area contributed by atoms with E-state index in [0.717, 1.165) is 31.9 Å². The van der Waals surface area contributed by atoms with Crippen molar-refractivity contribution in [3.8, 4) is 0 Å². The minimum atomic E-state index is 0.572. The fourth-order valence-corrected chi connectivity index (χ4v) is 1.91. The van der Waals surface area contributed by atoms with Gasteiger partial charge in [-0.1, -0.05) is 12.1 Å². The Kier molecular flexibility index (Phi) is 3.23. The fraction of sp³-hybridized carbons (Fsp3) is 0.500. The Labute approximate surface area is 90.8 Å². The zero-order valence-electron chi connectivity index (χ0n) is 9.15. The van der Waals surface area contributed by atoms with Crippen LogP contribution in [-0.4, -0.2) is 31.2 Å². The second-order valence-electron chi connectivity index (χ2n) is 4.17. The third-order valence-electron chi connectivity index (χ3n) is 2.94. The first-order valence-electron chi connectivity index (χ1n) is 5.38. The molecule has 3 nitrogen and oxygen atoms in total. The number of benzene rings is 1. The molecule has 0 spiro atoms. The van der Waals surface area contributed by atoms with Gasteiger partial charge < -0.3 is 10.5 Å². The molecular formula is C12H18N2O. The summed E-state index contributed by atoms with van der Waals surface area (Å²) < 4.78 is 5.37. The Morgan fingerprint density at radius 1 is 1.40 bits per heavy atom. The van der Waals surface area contributed by atoms with Gasteiger partial charge in [-0.05, 0) is 31.2 Å². The van der Waals surface area contributed by atoms with Gasteiger partial charge in [0.2, 0.25) is 0 Å². The SMILES string of the molecule is CN(Cc1ccc(N)cc1)C1CCOC1. The van der Waals surface area contributed by atoms with Gasteiger partial charge in [-0.3, -0.25) is 4.90 Å². The number of hydrogen-bond acceptors (Lipinski definition) is 3. The second-order valence-corrected chi connectivity index (χ2v) is 4.17. The van der Waals surface area contributed by atoms with E-state index < -0.39 is 0 Å². The van der Waals surface area contributed by atoms with Gasteiger partial charge >= 0.3 is 0 Å². The highest BCUT2D eigenvalue weighted by atomic mass is 16.5. The third kappa shape index (κ3) is 2.70. The molecule has 0 aliphatic carbocycles. The third-order valence-corrected chi connectivity index (χ3v) is 2.94. The normalized spacial score (nSPS) is 21.1. The molecule has 3 heteroatoms. The summed E-state index contributed by atoms with van der Waals surface area (Å²) in [4.78, 5) is 2.35. The van der Waals surface area contributed by atoms with Crippen molar-refractivity contribution in [1.82, 2.24) is 4.90 Å². The van der Waals surface area contributed by atoms with Crippen molar-refractivity contribution in [2.45, 2.75) is 19.0 Å². The van der Waals surface area contributed by atoms with E-state index in [1.165, 1.54) is 5.56 Å². The number of ether oxygens (including phenoxy) is 1. The van der Waals surface area contributed by atoms with Crippen LogP contribution in [0.5, 0.6) is 0 Å². The van der Waals surface area contributed by atoms with E-state index in [-0.39, 0.29) is 0 Å². The largest absolute Gasteiger partial charge is 0.399 e. The van der Waals surface area contributed by atoms with Crippen molar-refractivity contribution in [1.29, 1.82) is 0 Å². The van der Waals surface area contributed by atoms with Gasteiger partial charge in [-0.25, -0.2) is 0 Å². The summed E-state index contributed by atoms with van der Waals surface area (Å²) in [7, 11) is 2.15. The van der Waals surface area contributed by atoms with E-state index in [4.69, 9.17) is 10.5 Å². The highest BCUT2D eigenvalue weighted by Gasteiger charge is 2.19. The van der Waals surface area contributed by atoms with E-state index in [2.05, 4.69) is 24.1 Å². The molecule has 1 heterocycles. The molecule has 1 fully saturated rings. The van der Waals surface area contributed by atoms with Crippen LogP contribution in [-0.2, 0) is 11.3 Å². The molecule has 15 heavy (non-hydrogen) atoms. The Morgan fingerprint density at radius 2 is 2.13 bits per heavy atom. The minimum absolute atomic E-state index is 0.572. The highest BCUT2D eigenvalue weighted by Crippen LogP contribution is 2.14. The predicted octanol–water partition coefficient (Wildman–Crippen LogP) is 1.49. The van der Waals surface area contributed by atoms with E-state index in [1.54, 1.807) is 0 Å². The minimum Gasteiger partial charge on any atom is -0.399 e. The maximum Gasteiger partial charge on any atom is 0.0622 e. The van der Waals surface area contributed by atoms with Gasteiger partial charge in [-0.15, -0.1) is 0 Å². The molecule has 1 aliphatic rings. The average Bonchev–Trinajstić information content (AvgIpc) is 2.74. The maximum atomic E-state index is 5.65. The van der Waals surface area contributed by atoms with Crippen molar-refractivity contribution in [3.63, 3.8) is 0 Å². The van der Waals surface area contributed by atoms with Crippen molar-refractivity contribution in [2.75, 3.05) is 26.0 Å². The number of rotatable bonds is 3. The van der Waals surface area contributed by atoms with Gasteiger partial charge in [-0.2, -0.15) is 0 Å². The molecule has 0 saturated carbocycles. The molecule has 0 amide bonds. The van der Waals surface area contributed by atoms with Crippen molar-refractivity contribution in [2.24, 2.45) is 0 Å². The summed E-state index contributed by atoms with van der Waals surface area (Å²) in [6, 6.07) is 8.65. The summed E-state index contributed by atoms with van der Waals surface area (Å²) in [6.07, 6.45) is 1.14. The Balaban J connectivity index is 1.92. The Bertz CT molecular complexity index is 304. The summed E-state index contributed by atoms with van der Waals surface area (Å²) in [5, 5.41) is 0. The first-order valence-corrected chi connectivity index (χ1v) is 5.38. The van der Waals surface area contributed by atoms with Gasteiger partial charge in [0.25, 0.3) is 0 Å². The Hall–Kier alpha value is -1.06. The number of nitrogens with two attached hydrogens (primary N) is 1.